The highest BCUT2D eigenvalue weighted by molar-refractivity contribution is 6.32. The molecular weight excluding hydrogens is 418 g/mol. The van der Waals surface area contributed by atoms with Crippen LogP contribution < -0.4 is 10.2 Å². The van der Waals surface area contributed by atoms with Crippen molar-refractivity contribution in [2.75, 3.05) is 6.61 Å². The molecule has 0 saturated carbocycles. The Hall–Kier alpha value is -2.93. The van der Waals surface area contributed by atoms with Crippen LogP contribution in [0.1, 0.15) is 52.2 Å². The number of benzene rings is 2. The lowest BCUT2D eigenvalue weighted by molar-refractivity contribution is -0.384. The third kappa shape index (κ3) is 7.68. The van der Waals surface area contributed by atoms with E-state index in [1.165, 1.54) is 23.9 Å². The standard InChI is InChI=1S/C23H28ClN3O4/c1-22(2,3)15-23(4,5)17-7-9-18(10-8-17)31-14-21(28)26-25-13-16-6-11-19(24)20(12-16)27(29)30/h6-13H,14-15H2,1-5H3,(H,26,28). The second-order valence-electron chi connectivity index (χ2n) is 9.20. The SMILES string of the molecule is CC(C)(C)CC(C)(C)c1ccc(OCC(=O)NN=Cc2ccc(Cl)c([N+](=O)[O-])c2)cc1. The van der Waals surface area contributed by atoms with Gasteiger partial charge in [-0.2, -0.15) is 5.10 Å². The Bertz CT molecular complexity index is 964. The number of hydrogen-bond donors (Lipinski definition) is 1. The summed E-state index contributed by atoms with van der Waals surface area (Å²) < 4.78 is 5.51. The van der Waals surface area contributed by atoms with Crippen molar-refractivity contribution in [3.63, 3.8) is 0 Å². The number of carbonyl (C=O) groups is 1. The van der Waals surface area contributed by atoms with Gasteiger partial charge in [0.2, 0.25) is 0 Å². The van der Waals surface area contributed by atoms with Gasteiger partial charge in [0.1, 0.15) is 10.8 Å². The number of carbonyl (C=O) groups excluding carboxylic acids is 1. The van der Waals surface area contributed by atoms with Gasteiger partial charge in [0, 0.05) is 11.6 Å². The zero-order valence-corrected chi connectivity index (χ0v) is 19.2. The molecule has 0 bridgehead atoms. The minimum absolute atomic E-state index is 0.0274. The van der Waals surface area contributed by atoms with Crippen LogP contribution in [0, 0.1) is 15.5 Å². The lowest BCUT2D eigenvalue weighted by Crippen LogP contribution is -2.25. The Kier molecular flexibility index (Phi) is 7.79. The van der Waals surface area contributed by atoms with Crippen LogP contribution in [-0.4, -0.2) is 23.7 Å². The maximum Gasteiger partial charge on any atom is 0.288 e. The van der Waals surface area contributed by atoms with Crippen LogP contribution >= 0.6 is 11.6 Å². The lowest BCUT2D eigenvalue weighted by Gasteiger charge is -2.33. The van der Waals surface area contributed by atoms with E-state index in [4.69, 9.17) is 16.3 Å². The first-order chi connectivity index (χ1) is 14.4. The summed E-state index contributed by atoms with van der Waals surface area (Å²) in [6.45, 7) is 10.9. The van der Waals surface area contributed by atoms with Gasteiger partial charge in [0.25, 0.3) is 11.6 Å². The van der Waals surface area contributed by atoms with Crippen LogP contribution in [0.2, 0.25) is 5.02 Å². The van der Waals surface area contributed by atoms with E-state index in [-0.39, 0.29) is 28.1 Å². The number of nitro benzene ring substituents is 1. The van der Waals surface area contributed by atoms with Gasteiger partial charge in [-0.1, -0.05) is 64.4 Å². The fraction of sp³-hybridized carbons (Fsp3) is 0.391. The van der Waals surface area contributed by atoms with Crippen LogP contribution in [0.5, 0.6) is 5.75 Å². The molecule has 0 aliphatic heterocycles. The summed E-state index contributed by atoms with van der Waals surface area (Å²) >= 11 is 5.77. The lowest BCUT2D eigenvalue weighted by atomic mass is 9.72. The predicted octanol–water partition coefficient (Wildman–Crippen LogP) is 5.49. The molecule has 0 unspecified atom stereocenters. The van der Waals surface area contributed by atoms with Crippen LogP contribution in [0.25, 0.3) is 0 Å². The van der Waals surface area contributed by atoms with Gasteiger partial charge >= 0.3 is 0 Å². The number of nitro groups is 1. The third-order valence-electron chi connectivity index (χ3n) is 4.55. The molecule has 31 heavy (non-hydrogen) atoms. The molecule has 1 N–H and O–H groups in total. The van der Waals surface area contributed by atoms with Crippen LogP contribution in [0.15, 0.2) is 47.6 Å². The van der Waals surface area contributed by atoms with Crippen LogP contribution in [0.3, 0.4) is 0 Å². The summed E-state index contributed by atoms with van der Waals surface area (Å²) in [4.78, 5) is 22.3. The number of amides is 1. The van der Waals surface area contributed by atoms with E-state index in [9.17, 15) is 14.9 Å². The number of hydrogen-bond acceptors (Lipinski definition) is 5. The maximum absolute atomic E-state index is 11.9. The molecule has 0 atom stereocenters. The van der Waals surface area contributed by atoms with E-state index in [0.29, 0.717) is 11.3 Å². The molecule has 0 aliphatic carbocycles. The summed E-state index contributed by atoms with van der Waals surface area (Å²) in [5.74, 6) is 0.139. The van der Waals surface area contributed by atoms with Gasteiger partial charge in [0.15, 0.2) is 6.61 Å². The minimum Gasteiger partial charge on any atom is -0.484 e. The highest BCUT2D eigenvalue weighted by atomic mass is 35.5. The van der Waals surface area contributed by atoms with E-state index in [2.05, 4.69) is 45.1 Å². The highest BCUT2D eigenvalue weighted by Crippen LogP contribution is 2.36. The fourth-order valence-electron chi connectivity index (χ4n) is 3.54. The molecule has 0 radical (unpaired) electrons. The number of ether oxygens (including phenoxy) is 1. The molecule has 2 rings (SSSR count). The highest BCUT2D eigenvalue weighted by Gasteiger charge is 2.27. The summed E-state index contributed by atoms with van der Waals surface area (Å²) in [7, 11) is 0. The van der Waals surface area contributed by atoms with E-state index >= 15 is 0 Å². The van der Waals surface area contributed by atoms with E-state index in [0.717, 1.165) is 6.42 Å². The summed E-state index contributed by atoms with van der Waals surface area (Å²) in [5.41, 5.74) is 3.99. The molecule has 0 spiro atoms. The Balaban J connectivity index is 1.88. The van der Waals surface area contributed by atoms with E-state index in [1.807, 2.05) is 24.3 Å². The molecule has 0 saturated heterocycles. The molecule has 0 fully saturated rings. The van der Waals surface area contributed by atoms with Crippen molar-refractivity contribution in [1.82, 2.24) is 5.43 Å². The first-order valence-electron chi connectivity index (χ1n) is 9.87. The third-order valence-corrected chi connectivity index (χ3v) is 4.87. The average Bonchev–Trinajstić information content (AvgIpc) is 2.66. The van der Waals surface area contributed by atoms with Crippen LogP contribution in [-0.2, 0) is 10.2 Å². The quantitative estimate of drug-likeness (QED) is 0.330. The van der Waals surface area contributed by atoms with E-state index in [1.54, 1.807) is 6.07 Å². The molecule has 0 aromatic heterocycles. The zero-order chi connectivity index (χ0) is 23.2. The van der Waals surface area contributed by atoms with Crippen molar-refractivity contribution >= 4 is 29.4 Å². The summed E-state index contributed by atoms with van der Waals surface area (Å²) in [6, 6.07) is 12.0. The molecule has 8 heteroatoms. The molecule has 7 nitrogen and oxygen atoms in total. The minimum atomic E-state index is -0.582. The van der Waals surface area contributed by atoms with Crippen molar-refractivity contribution in [1.29, 1.82) is 0 Å². The monoisotopic (exact) mass is 445 g/mol. The first kappa shape index (κ1) is 24.3. The Morgan fingerprint density at radius 3 is 2.39 bits per heavy atom. The van der Waals surface area contributed by atoms with Crippen molar-refractivity contribution < 1.29 is 14.5 Å². The average molecular weight is 446 g/mol. The number of halogens is 1. The summed E-state index contributed by atoms with van der Waals surface area (Å²) in [6.07, 6.45) is 2.34. The smallest absolute Gasteiger partial charge is 0.288 e. The second-order valence-corrected chi connectivity index (χ2v) is 9.60. The molecular formula is C23H28ClN3O4. The molecule has 2 aromatic rings. The number of hydrazone groups is 1. The van der Waals surface area contributed by atoms with Crippen molar-refractivity contribution in [2.24, 2.45) is 10.5 Å². The topological polar surface area (TPSA) is 93.8 Å². The largest absolute Gasteiger partial charge is 0.484 e. The predicted molar refractivity (Wildman–Crippen MR) is 123 cm³/mol. The van der Waals surface area contributed by atoms with Gasteiger partial charge in [-0.05, 0) is 41.0 Å². The number of nitrogens with zero attached hydrogens (tertiary/aromatic N) is 2. The Morgan fingerprint density at radius 1 is 1.16 bits per heavy atom. The van der Waals surface area contributed by atoms with Crippen molar-refractivity contribution in [3.8, 4) is 5.75 Å². The molecule has 166 valence electrons. The molecule has 1 amide bonds. The molecule has 0 heterocycles. The Morgan fingerprint density at radius 2 is 1.81 bits per heavy atom. The normalized spacial score (nSPS) is 12.1. The Labute approximate surface area is 187 Å². The first-order valence-corrected chi connectivity index (χ1v) is 10.2. The van der Waals surface area contributed by atoms with Gasteiger partial charge in [-0.3, -0.25) is 14.9 Å². The molecule has 2 aromatic carbocycles. The van der Waals surface area contributed by atoms with Gasteiger partial charge in [-0.25, -0.2) is 5.43 Å². The second kappa shape index (κ2) is 9.92. The number of rotatable bonds is 8. The summed E-state index contributed by atoms with van der Waals surface area (Å²) in [5, 5.41) is 14.7. The van der Waals surface area contributed by atoms with Crippen molar-refractivity contribution in [2.45, 2.75) is 46.5 Å². The molecule has 0 aliphatic rings. The zero-order valence-electron chi connectivity index (χ0n) is 18.4. The maximum atomic E-state index is 11.9. The van der Waals surface area contributed by atoms with Crippen LogP contribution in [0.4, 0.5) is 5.69 Å². The van der Waals surface area contributed by atoms with Gasteiger partial charge in [-0.15, -0.1) is 0 Å². The van der Waals surface area contributed by atoms with Gasteiger partial charge in [0.05, 0.1) is 11.1 Å². The number of nitrogens with one attached hydrogen (secondary N) is 1. The van der Waals surface area contributed by atoms with Crippen molar-refractivity contribution in [3.05, 3.63) is 68.7 Å². The fourth-order valence-corrected chi connectivity index (χ4v) is 3.73. The van der Waals surface area contributed by atoms with Gasteiger partial charge < -0.3 is 4.74 Å². The van der Waals surface area contributed by atoms with E-state index < -0.39 is 10.8 Å².